The van der Waals surface area contributed by atoms with Crippen LogP contribution in [0.3, 0.4) is 0 Å². The number of aryl methyl sites for hydroxylation is 1. The number of rotatable bonds is 3. The van der Waals surface area contributed by atoms with Gasteiger partial charge in [0.1, 0.15) is 0 Å². The Bertz CT molecular complexity index is 555. The summed E-state index contributed by atoms with van der Waals surface area (Å²) in [7, 11) is 0. The van der Waals surface area contributed by atoms with E-state index in [2.05, 4.69) is 4.98 Å². The fourth-order valence-electron chi connectivity index (χ4n) is 1.42. The molecule has 0 spiro atoms. The summed E-state index contributed by atoms with van der Waals surface area (Å²) < 4.78 is 0. The third-order valence-corrected chi connectivity index (χ3v) is 3.58. The van der Waals surface area contributed by atoms with Crippen molar-refractivity contribution in [3.8, 4) is 0 Å². The lowest BCUT2D eigenvalue weighted by molar-refractivity contribution is 0.0692. The van der Waals surface area contributed by atoms with Crippen LogP contribution in [0.1, 0.15) is 15.9 Å². The molecular formula is C13H11NO2S. The van der Waals surface area contributed by atoms with Gasteiger partial charge in [0, 0.05) is 22.2 Å². The van der Waals surface area contributed by atoms with Crippen LogP contribution in [0, 0.1) is 6.92 Å². The summed E-state index contributed by atoms with van der Waals surface area (Å²) in [6, 6.07) is 9.61. The van der Waals surface area contributed by atoms with Crippen molar-refractivity contribution in [2.45, 2.75) is 16.7 Å². The van der Waals surface area contributed by atoms with Crippen molar-refractivity contribution in [1.29, 1.82) is 0 Å². The Kier molecular flexibility index (Phi) is 3.44. The van der Waals surface area contributed by atoms with Crippen molar-refractivity contribution < 1.29 is 9.90 Å². The lowest BCUT2D eigenvalue weighted by Crippen LogP contribution is -1.99. The fourth-order valence-corrected chi connectivity index (χ4v) is 2.41. The van der Waals surface area contributed by atoms with Gasteiger partial charge in [-0.1, -0.05) is 30.0 Å². The van der Waals surface area contributed by atoms with E-state index in [0.29, 0.717) is 4.90 Å². The van der Waals surface area contributed by atoms with Gasteiger partial charge in [-0.2, -0.15) is 0 Å². The summed E-state index contributed by atoms with van der Waals surface area (Å²) in [5.41, 5.74) is 1.37. The van der Waals surface area contributed by atoms with Crippen LogP contribution in [0.4, 0.5) is 0 Å². The molecular weight excluding hydrogens is 234 g/mol. The molecule has 86 valence electrons. The Hall–Kier alpha value is -1.81. The second-order valence-corrected chi connectivity index (χ2v) is 4.63. The standard InChI is InChI=1S/C13H11NO2S/c1-9-4-2-3-5-11(9)17-12-6-7-14-8-10(12)13(15)16/h2-8H,1H3,(H,15,16). The highest BCUT2D eigenvalue weighted by Crippen LogP contribution is 2.31. The summed E-state index contributed by atoms with van der Waals surface area (Å²) >= 11 is 1.45. The Morgan fingerprint density at radius 2 is 2.00 bits per heavy atom. The molecule has 1 N–H and O–H groups in total. The first-order chi connectivity index (χ1) is 8.18. The van der Waals surface area contributed by atoms with Gasteiger partial charge in [-0.3, -0.25) is 4.98 Å². The number of nitrogens with zero attached hydrogens (tertiary/aromatic N) is 1. The highest BCUT2D eigenvalue weighted by atomic mass is 32.2. The smallest absolute Gasteiger partial charge is 0.338 e. The Morgan fingerprint density at radius 1 is 1.24 bits per heavy atom. The van der Waals surface area contributed by atoms with Crippen LogP contribution in [0.15, 0.2) is 52.5 Å². The van der Waals surface area contributed by atoms with E-state index in [9.17, 15) is 4.79 Å². The van der Waals surface area contributed by atoms with Crippen LogP contribution in [-0.2, 0) is 0 Å². The molecule has 4 heteroatoms. The highest BCUT2D eigenvalue weighted by Gasteiger charge is 2.11. The molecule has 3 nitrogen and oxygen atoms in total. The van der Waals surface area contributed by atoms with Crippen LogP contribution in [0.5, 0.6) is 0 Å². The Morgan fingerprint density at radius 3 is 2.71 bits per heavy atom. The number of benzene rings is 1. The number of carboxylic acids is 1. The number of carboxylic acid groups (broad SMARTS) is 1. The molecule has 0 saturated heterocycles. The molecule has 0 aliphatic heterocycles. The van der Waals surface area contributed by atoms with Crippen molar-refractivity contribution in [3.63, 3.8) is 0 Å². The monoisotopic (exact) mass is 245 g/mol. The zero-order chi connectivity index (χ0) is 12.3. The van der Waals surface area contributed by atoms with E-state index in [1.54, 1.807) is 12.3 Å². The van der Waals surface area contributed by atoms with Gasteiger partial charge in [0.05, 0.1) is 5.56 Å². The van der Waals surface area contributed by atoms with Crippen molar-refractivity contribution in [2.24, 2.45) is 0 Å². The summed E-state index contributed by atoms with van der Waals surface area (Å²) in [4.78, 5) is 16.6. The second kappa shape index (κ2) is 5.01. The van der Waals surface area contributed by atoms with E-state index in [4.69, 9.17) is 5.11 Å². The van der Waals surface area contributed by atoms with Crippen molar-refractivity contribution in [2.75, 3.05) is 0 Å². The first kappa shape index (κ1) is 11.7. The van der Waals surface area contributed by atoms with E-state index in [-0.39, 0.29) is 5.56 Å². The average molecular weight is 245 g/mol. The summed E-state index contributed by atoms with van der Waals surface area (Å²) in [6.07, 6.45) is 2.98. The minimum atomic E-state index is -0.950. The number of hydrogen-bond donors (Lipinski definition) is 1. The molecule has 0 aliphatic rings. The fraction of sp³-hybridized carbons (Fsp3) is 0.0769. The SMILES string of the molecule is Cc1ccccc1Sc1ccncc1C(=O)O. The van der Waals surface area contributed by atoms with Gasteiger partial charge in [0.2, 0.25) is 0 Å². The van der Waals surface area contributed by atoms with E-state index in [1.807, 2.05) is 31.2 Å². The van der Waals surface area contributed by atoms with E-state index >= 15 is 0 Å². The van der Waals surface area contributed by atoms with Gasteiger partial charge in [0.25, 0.3) is 0 Å². The van der Waals surface area contributed by atoms with Crippen LogP contribution >= 0.6 is 11.8 Å². The van der Waals surface area contributed by atoms with E-state index in [0.717, 1.165) is 10.5 Å². The molecule has 0 aliphatic carbocycles. The van der Waals surface area contributed by atoms with Crippen molar-refractivity contribution in [1.82, 2.24) is 4.98 Å². The number of hydrogen-bond acceptors (Lipinski definition) is 3. The molecule has 0 atom stereocenters. The normalized spacial score (nSPS) is 10.2. The second-order valence-electron chi connectivity index (χ2n) is 3.54. The number of aromatic nitrogens is 1. The van der Waals surface area contributed by atoms with E-state index < -0.39 is 5.97 Å². The molecule has 2 aromatic rings. The molecule has 2 rings (SSSR count). The van der Waals surface area contributed by atoms with Crippen molar-refractivity contribution in [3.05, 3.63) is 53.9 Å². The van der Waals surface area contributed by atoms with Crippen LogP contribution in [0.2, 0.25) is 0 Å². The quantitative estimate of drug-likeness (QED) is 0.901. The molecule has 1 heterocycles. The van der Waals surface area contributed by atoms with Crippen LogP contribution in [-0.4, -0.2) is 16.1 Å². The maximum atomic E-state index is 11.0. The lowest BCUT2D eigenvalue weighted by atomic mass is 10.2. The molecule has 0 amide bonds. The van der Waals surface area contributed by atoms with Gasteiger partial charge >= 0.3 is 5.97 Å². The molecule has 0 fully saturated rings. The first-order valence-electron chi connectivity index (χ1n) is 5.09. The number of pyridine rings is 1. The molecule has 1 aromatic heterocycles. The van der Waals surface area contributed by atoms with Gasteiger partial charge in [0.15, 0.2) is 0 Å². The Labute approximate surface area is 104 Å². The molecule has 0 bridgehead atoms. The Balaban J connectivity index is 2.37. The van der Waals surface area contributed by atoms with Crippen LogP contribution in [0.25, 0.3) is 0 Å². The van der Waals surface area contributed by atoms with Gasteiger partial charge in [-0.05, 0) is 24.6 Å². The molecule has 17 heavy (non-hydrogen) atoms. The zero-order valence-electron chi connectivity index (χ0n) is 9.25. The first-order valence-corrected chi connectivity index (χ1v) is 5.91. The van der Waals surface area contributed by atoms with Gasteiger partial charge < -0.3 is 5.11 Å². The maximum absolute atomic E-state index is 11.0. The van der Waals surface area contributed by atoms with Crippen molar-refractivity contribution >= 4 is 17.7 Å². The maximum Gasteiger partial charge on any atom is 0.338 e. The highest BCUT2D eigenvalue weighted by molar-refractivity contribution is 7.99. The predicted octanol–water partition coefficient (Wildman–Crippen LogP) is 3.24. The molecule has 0 unspecified atom stereocenters. The molecule has 0 radical (unpaired) electrons. The van der Waals surface area contributed by atoms with E-state index in [1.165, 1.54) is 18.0 Å². The third-order valence-electron chi connectivity index (χ3n) is 2.32. The summed E-state index contributed by atoms with van der Waals surface area (Å²) in [5.74, 6) is -0.950. The average Bonchev–Trinajstić information content (AvgIpc) is 2.32. The minimum Gasteiger partial charge on any atom is -0.478 e. The van der Waals surface area contributed by atoms with Gasteiger partial charge in [-0.15, -0.1) is 0 Å². The molecule has 1 aromatic carbocycles. The summed E-state index contributed by atoms with van der Waals surface area (Å²) in [5, 5.41) is 9.06. The zero-order valence-corrected chi connectivity index (χ0v) is 10.1. The summed E-state index contributed by atoms with van der Waals surface area (Å²) in [6.45, 7) is 2.00. The minimum absolute atomic E-state index is 0.237. The lowest BCUT2D eigenvalue weighted by Gasteiger charge is -2.07. The molecule has 0 saturated carbocycles. The third kappa shape index (κ3) is 2.65. The predicted molar refractivity (Wildman–Crippen MR) is 66.5 cm³/mol. The number of carbonyl (C=O) groups is 1. The largest absolute Gasteiger partial charge is 0.478 e. The van der Waals surface area contributed by atoms with Gasteiger partial charge in [-0.25, -0.2) is 4.79 Å². The van der Waals surface area contributed by atoms with Crippen LogP contribution < -0.4 is 0 Å². The topological polar surface area (TPSA) is 50.2 Å². The number of aromatic carboxylic acids is 1.